The van der Waals surface area contributed by atoms with Crippen LogP contribution in [0.2, 0.25) is 0 Å². The molecule has 0 bridgehead atoms. The molecule has 2 rings (SSSR count). The molecule has 0 aliphatic heterocycles. The number of hydrogen-bond acceptors (Lipinski definition) is 6. The predicted octanol–water partition coefficient (Wildman–Crippen LogP) is 2.54. The smallest absolute Gasteiger partial charge is 0.337 e. The zero-order valence-electron chi connectivity index (χ0n) is 14.1. The lowest BCUT2D eigenvalue weighted by atomic mass is 10.1. The molecule has 2 N–H and O–H groups in total. The molecule has 0 saturated carbocycles. The van der Waals surface area contributed by atoms with E-state index in [2.05, 4.69) is 25.3 Å². The zero-order chi connectivity index (χ0) is 17.7. The molecule has 0 aliphatic carbocycles. The van der Waals surface area contributed by atoms with Crippen molar-refractivity contribution in [3.8, 4) is 0 Å². The van der Waals surface area contributed by atoms with Gasteiger partial charge in [-0.2, -0.15) is 0 Å². The molecule has 0 radical (unpaired) electrons. The lowest BCUT2D eigenvalue weighted by Gasteiger charge is -2.20. The van der Waals surface area contributed by atoms with Crippen molar-refractivity contribution in [1.82, 2.24) is 15.3 Å². The average Bonchev–Trinajstić information content (AvgIpc) is 2.53. The van der Waals surface area contributed by atoms with Crippen LogP contribution in [0, 0.1) is 0 Å². The molecular weight excluding hydrogens is 308 g/mol. The van der Waals surface area contributed by atoms with Gasteiger partial charge in [-0.25, -0.2) is 14.8 Å². The number of rotatable bonds is 4. The molecule has 1 amide bonds. The van der Waals surface area contributed by atoms with Gasteiger partial charge in [0.2, 0.25) is 5.95 Å². The Labute approximate surface area is 140 Å². The van der Waals surface area contributed by atoms with Gasteiger partial charge in [-0.1, -0.05) is 0 Å². The van der Waals surface area contributed by atoms with E-state index in [1.807, 2.05) is 20.8 Å². The fourth-order valence-corrected chi connectivity index (χ4v) is 1.89. The van der Waals surface area contributed by atoms with Gasteiger partial charge in [0.15, 0.2) is 0 Å². The van der Waals surface area contributed by atoms with Gasteiger partial charge < -0.3 is 15.4 Å². The van der Waals surface area contributed by atoms with E-state index in [0.29, 0.717) is 17.2 Å². The van der Waals surface area contributed by atoms with Crippen molar-refractivity contribution >= 4 is 23.5 Å². The largest absolute Gasteiger partial charge is 0.465 e. The minimum Gasteiger partial charge on any atom is -0.465 e. The molecule has 0 atom stereocenters. The molecule has 24 heavy (non-hydrogen) atoms. The summed E-state index contributed by atoms with van der Waals surface area (Å²) in [6, 6.07) is 8.22. The molecule has 1 heterocycles. The van der Waals surface area contributed by atoms with Crippen molar-refractivity contribution in [2.45, 2.75) is 26.3 Å². The first-order valence-corrected chi connectivity index (χ1v) is 7.39. The third-order valence-electron chi connectivity index (χ3n) is 2.94. The van der Waals surface area contributed by atoms with Crippen molar-refractivity contribution in [1.29, 1.82) is 0 Å². The number of methoxy groups -OCH3 is 1. The van der Waals surface area contributed by atoms with Crippen LogP contribution in [0.15, 0.2) is 36.5 Å². The van der Waals surface area contributed by atoms with Crippen molar-refractivity contribution in [2.24, 2.45) is 0 Å². The van der Waals surface area contributed by atoms with Gasteiger partial charge in [0, 0.05) is 17.4 Å². The maximum Gasteiger partial charge on any atom is 0.337 e. The van der Waals surface area contributed by atoms with Crippen LogP contribution in [-0.4, -0.2) is 34.5 Å². The highest BCUT2D eigenvalue weighted by Gasteiger charge is 2.16. The zero-order valence-corrected chi connectivity index (χ0v) is 14.1. The number of hydrogen-bond donors (Lipinski definition) is 2. The van der Waals surface area contributed by atoms with E-state index in [1.165, 1.54) is 13.3 Å². The van der Waals surface area contributed by atoms with Gasteiger partial charge in [0.1, 0.15) is 5.69 Å². The molecule has 2 aromatic rings. The van der Waals surface area contributed by atoms with Crippen LogP contribution in [0.1, 0.15) is 41.6 Å². The van der Waals surface area contributed by atoms with Crippen molar-refractivity contribution in [2.75, 3.05) is 12.4 Å². The van der Waals surface area contributed by atoms with E-state index in [1.54, 1.807) is 30.3 Å². The number of benzene rings is 1. The van der Waals surface area contributed by atoms with Crippen LogP contribution in [0.25, 0.3) is 0 Å². The first kappa shape index (κ1) is 17.4. The summed E-state index contributed by atoms with van der Waals surface area (Å²) in [6.45, 7) is 5.69. The van der Waals surface area contributed by atoms with E-state index in [0.717, 1.165) is 0 Å². The van der Waals surface area contributed by atoms with Gasteiger partial charge in [-0.05, 0) is 51.1 Å². The number of nitrogens with zero attached hydrogens (tertiary/aromatic N) is 2. The Morgan fingerprint density at radius 1 is 1.08 bits per heavy atom. The Hall–Kier alpha value is -2.96. The Morgan fingerprint density at radius 2 is 1.75 bits per heavy atom. The summed E-state index contributed by atoms with van der Waals surface area (Å²) >= 11 is 0. The maximum atomic E-state index is 12.1. The first-order valence-electron chi connectivity index (χ1n) is 7.39. The Balaban J connectivity index is 2.12. The number of aromatic nitrogens is 2. The fourth-order valence-electron chi connectivity index (χ4n) is 1.89. The molecule has 0 spiro atoms. The van der Waals surface area contributed by atoms with Gasteiger partial charge in [0.05, 0.1) is 12.7 Å². The topological polar surface area (TPSA) is 93.2 Å². The quantitative estimate of drug-likeness (QED) is 0.838. The van der Waals surface area contributed by atoms with Crippen LogP contribution < -0.4 is 10.6 Å². The monoisotopic (exact) mass is 328 g/mol. The van der Waals surface area contributed by atoms with Crippen molar-refractivity contribution in [3.05, 3.63) is 47.8 Å². The highest BCUT2D eigenvalue weighted by molar-refractivity contribution is 5.93. The molecular formula is C17H20N4O3. The minimum absolute atomic E-state index is 0.269. The van der Waals surface area contributed by atoms with Gasteiger partial charge >= 0.3 is 5.97 Å². The SMILES string of the molecule is COC(=O)c1ccc(Nc2nccc(C(=O)NC(C)(C)C)n2)cc1. The summed E-state index contributed by atoms with van der Waals surface area (Å²) < 4.78 is 4.65. The van der Waals surface area contributed by atoms with Gasteiger partial charge in [-0.3, -0.25) is 4.79 Å². The van der Waals surface area contributed by atoms with Crippen LogP contribution >= 0.6 is 0 Å². The average molecular weight is 328 g/mol. The normalized spacial score (nSPS) is 10.8. The standard InChI is InChI=1S/C17H20N4O3/c1-17(2,3)21-14(22)13-9-10-18-16(20-13)19-12-7-5-11(6-8-12)15(23)24-4/h5-10H,1-4H3,(H,21,22)(H,18,19,20). The summed E-state index contributed by atoms with van der Waals surface area (Å²) in [6.07, 6.45) is 1.51. The third kappa shape index (κ3) is 4.77. The van der Waals surface area contributed by atoms with E-state index < -0.39 is 5.97 Å². The second-order valence-corrected chi connectivity index (χ2v) is 6.16. The molecule has 1 aromatic carbocycles. The van der Waals surface area contributed by atoms with E-state index in [-0.39, 0.29) is 17.1 Å². The lowest BCUT2D eigenvalue weighted by molar-refractivity contribution is 0.0600. The number of amides is 1. The number of carbonyl (C=O) groups excluding carboxylic acids is 2. The van der Waals surface area contributed by atoms with Crippen LogP contribution in [0.3, 0.4) is 0 Å². The van der Waals surface area contributed by atoms with Crippen LogP contribution in [-0.2, 0) is 4.74 Å². The molecule has 1 aromatic heterocycles. The molecule has 0 aliphatic rings. The predicted molar refractivity (Wildman–Crippen MR) is 90.3 cm³/mol. The molecule has 7 heteroatoms. The molecule has 0 fully saturated rings. The second-order valence-electron chi connectivity index (χ2n) is 6.16. The summed E-state index contributed by atoms with van der Waals surface area (Å²) in [4.78, 5) is 31.8. The number of nitrogens with one attached hydrogen (secondary N) is 2. The van der Waals surface area contributed by atoms with Crippen LogP contribution in [0.4, 0.5) is 11.6 Å². The Bertz CT molecular complexity index is 736. The number of esters is 1. The fraction of sp³-hybridized carbons (Fsp3) is 0.294. The van der Waals surface area contributed by atoms with Crippen molar-refractivity contribution < 1.29 is 14.3 Å². The Kier molecular flexibility index (Phi) is 5.13. The number of carbonyl (C=O) groups is 2. The van der Waals surface area contributed by atoms with Crippen LogP contribution in [0.5, 0.6) is 0 Å². The molecule has 126 valence electrons. The number of anilines is 2. The third-order valence-corrected chi connectivity index (χ3v) is 2.94. The summed E-state index contributed by atoms with van der Waals surface area (Å²) in [7, 11) is 1.33. The lowest BCUT2D eigenvalue weighted by Crippen LogP contribution is -2.41. The van der Waals surface area contributed by atoms with E-state index in [4.69, 9.17) is 0 Å². The highest BCUT2D eigenvalue weighted by Crippen LogP contribution is 2.15. The van der Waals surface area contributed by atoms with Crippen molar-refractivity contribution in [3.63, 3.8) is 0 Å². The summed E-state index contributed by atoms with van der Waals surface area (Å²) in [5.74, 6) is -0.380. The van der Waals surface area contributed by atoms with Gasteiger partial charge in [-0.15, -0.1) is 0 Å². The van der Waals surface area contributed by atoms with Gasteiger partial charge in [0.25, 0.3) is 5.91 Å². The number of ether oxygens (including phenoxy) is 1. The minimum atomic E-state index is -0.404. The van der Waals surface area contributed by atoms with E-state index >= 15 is 0 Å². The molecule has 0 unspecified atom stereocenters. The summed E-state index contributed by atoms with van der Waals surface area (Å²) in [5.41, 5.74) is 1.06. The van der Waals surface area contributed by atoms with E-state index in [9.17, 15) is 9.59 Å². The summed E-state index contributed by atoms with van der Waals surface area (Å²) in [5, 5.41) is 5.84. The molecule has 7 nitrogen and oxygen atoms in total. The second kappa shape index (κ2) is 7.08. The molecule has 0 saturated heterocycles. The highest BCUT2D eigenvalue weighted by atomic mass is 16.5. The first-order chi connectivity index (χ1) is 11.3. The maximum absolute atomic E-state index is 12.1. The Morgan fingerprint density at radius 3 is 2.33 bits per heavy atom.